The molecule has 0 bridgehead atoms. The van der Waals surface area contributed by atoms with Gasteiger partial charge in [0, 0.05) is 18.8 Å². The van der Waals surface area contributed by atoms with Crippen LogP contribution in [0.2, 0.25) is 0 Å². The van der Waals surface area contributed by atoms with Crippen LogP contribution < -0.4 is 4.74 Å². The van der Waals surface area contributed by atoms with Crippen molar-refractivity contribution in [3.63, 3.8) is 0 Å². The summed E-state index contributed by atoms with van der Waals surface area (Å²) >= 11 is 0. The minimum Gasteiger partial charge on any atom is -0.486 e. The van der Waals surface area contributed by atoms with Crippen LogP contribution in [0.1, 0.15) is 26.3 Å². The lowest BCUT2D eigenvalue weighted by Gasteiger charge is -2.17. The molecule has 16 heavy (non-hydrogen) atoms. The molecule has 0 fully saturated rings. The van der Waals surface area contributed by atoms with Crippen molar-refractivity contribution < 1.29 is 9.66 Å². The number of nitro groups is 1. The van der Waals surface area contributed by atoms with Gasteiger partial charge in [0.05, 0.1) is 0 Å². The summed E-state index contributed by atoms with van der Waals surface area (Å²) < 4.78 is 5.51. The molecule has 0 N–H and O–H groups in total. The van der Waals surface area contributed by atoms with Gasteiger partial charge in [0.25, 0.3) is 0 Å². The Morgan fingerprint density at radius 3 is 2.56 bits per heavy atom. The standard InChI is InChI=1S/C12H17NO3/c1-4-10-7-5-6-8-11(10)16-9-12(2,3)13(14)15/h5-8H,4,9H2,1-3H3. The van der Waals surface area contributed by atoms with Crippen molar-refractivity contribution >= 4 is 0 Å². The molecule has 0 aromatic heterocycles. The summed E-state index contributed by atoms with van der Waals surface area (Å²) in [5.41, 5.74) is 0.0163. The molecular formula is C12H17NO3. The van der Waals surface area contributed by atoms with Crippen molar-refractivity contribution in [2.24, 2.45) is 0 Å². The molecule has 0 spiro atoms. The zero-order valence-electron chi connectivity index (χ0n) is 9.90. The first-order valence-electron chi connectivity index (χ1n) is 5.32. The minimum atomic E-state index is -1.05. The Kier molecular flexibility index (Phi) is 3.88. The van der Waals surface area contributed by atoms with Crippen LogP contribution in [0.5, 0.6) is 5.75 Å². The Labute approximate surface area is 95.4 Å². The van der Waals surface area contributed by atoms with Crippen LogP contribution in [0.3, 0.4) is 0 Å². The van der Waals surface area contributed by atoms with E-state index in [0.717, 1.165) is 17.7 Å². The monoisotopic (exact) mass is 223 g/mol. The quantitative estimate of drug-likeness (QED) is 0.569. The van der Waals surface area contributed by atoms with Crippen molar-refractivity contribution in [1.29, 1.82) is 0 Å². The zero-order valence-corrected chi connectivity index (χ0v) is 9.90. The van der Waals surface area contributed by atoms with Crippen LogP contribution in [0.15, 0.2) is 24.3 Å². The van der Waals surface area contributed by atoms with Crippen molar-refractivity contribution in [3.05, 3.63) is 39.9 Å². The maximum atomic E-state index is 10.7. The van der Waals surface area contributed by atoms with E-state index in [-0.39, 0.29) is 11.5 Å². The van der Waals surface area contributed by atoms with Crippen LogP contribution >= 0.6 is 0 Å². The molecule has 0 radical (unpaired) electrons. The average Bonchev–Trinajstić information content (AvgIpc) is 2.26. The van der Waals surface area contributed by atoms with Crippen LogP contribution in [-0.2, 0) is 6.42 Å². The maximum absolute atomic E-state index is 10.7. The number of benzene rings is 1. The highest BCUT2D eigenvalue weighted by molar-refractivity contribution is 5.33. The number of nitrogens with zero attached hydrogens (tertiary/aromatic N) is 1. The van der Waals surface area contributed by atoms with Gasteiger partial charge < -0.3 is 4.74 Å². The molecule has 1 aromatic rings. The second kappa shape index (κ2) is 4.96. The first-order valence-corrected chi connectivity index (χ1v) is 5.32. The highest BCUT2D eigenvalue weighted by Crippen LogP contribution is 2.20. The molecule has 0 aliphatic carbocycles. The van der Waals surface area contributed by atoms with Crippen molar-refractivity contribution in [3.8, 4) is 5.75 Å². The highest BCUT2D eigenvalue weighted by atomic mass is 16.6. The first kappa shape index (κ1) is 12.5. The minimum absolute atomic E-state index is 0.0804. The van der Waals surface area contributed by atoms with E-state index in [1.165, 1.54) is 0 Å². The van der Waals surface area contributed by atoms with Gasteiger partial charge in [-0.25, -0.2) is 0 Å². The lowest BCUT2D eigenvalue weighted by molar-refractivity contribution is -0.562. The van der Waals surface area contributed by atoms with Crippen LogP contribution in [0.4, 0.5) is 0 Å². The molecular weight excluding hydrogens is 206 g/mol. The van der Waals surface area contributed by atoms with E-state index in [0.29, 0.717) is 0 Å². The third-order valence-corrected chi connectivity index (χ3v) is 2.43. The van der Waals surface area contributed by atoms with Gasteiger partial charge in [-0.15, -0.1) is 0 Å². The summed E-state index contributed by atoms with van der Waals surface area (Å²) in [6.45, 7) is 5.22. The fourth-order valence-corrected chi connectivity index (χ4v) is 1.24. The molecule has 0 atom stereocenters. The molecule has 88 valence electrons. The Balaban J connectivity index is 2.71. The zero-order chi connectivity index (χ0) is 12.2. The molecule has 0 aliphatic rings. The predicted octanol–water partition coefficient (Wildman–Crippen LogP) is 2.68. The predicted molar refractivity (Wildman–Crippen MR) is 62.4 cm³/mol. The number of hydrogen-bond donors (Lipinski definition) is 0. The third kappa shape index (κ3) is 2.95. The summed E-state index contributed by atoms with van der Waals surface area (Å²) in [5.74, 6) is 0.736. The fraction of sp³-hybridized carbons (Fsp3) is 0.500. The Hall–Kier alpha value is -1.58. The van der Waals surface area contributed by atoms with Gasteiger partial charge in [-0.2, -0.15) is 0 Å². The molecule has 0 unspecified atom stereocenters. The topological polar surface area (TPSA) is 52.4 Å². The maximum Gasteiger partial charge on any atom is 0.250 e. The van der Waals surface area contributed by atoms with Gasteiger partial charge in [0.1, 0.15) is 5.75 Å². The molecule has 1 aromatic carbocycles. The summed E-state index contributed by atoms with van der Waals surface area (Å²) in [6.07, 6.45) is 0.856. The second-order valence-corrected chi connectivity index (χ2v) is 4.32. The number of hydrogen-bond acceptors (Lipinski definition) is 3. The smallest absolute Gasteiger partial charge is 0.250 e. The molecule has 4 nitrogen and oxygen atoms in total. The number of ether oxygens (including phenoxy) is 1. The van der Waals surface area contributed by atoms with Gasteiger partial charge >= 0.3 is 0 Å². The van der Waals surface area contributed by atoms with Crippen molar-refractivity contribution in [2.75, 3.05) is 6.61 Å². The first-order chi connectivity index (χ1) is 7.47. The summed E-state index contributed by atoms with van der Waals surface area (Å²) in [4.78, 5) is 10.4. The van der Waals surface area contributed by atoms with Gasteiger partial charge in [-0.05, 0) is 18.1 Å². The lowest BCUT2D eigenvalue weighted by atomic mass is 10.1. The summed E-state index contributed by atoms with van der Waals surface area (Å²) in [7, 11) is 0. The van der Waals surface area contributed by atoms with E-state index in [2.05, 4.69) is 0 Å². The fourth-order valence-electron chi connectivity index (χ4n) is 1.24. The van der Waals surface area contributed by atoms with Crippen LogP contribution in [-0.4, -0.2) is 17.1 Å². The normalized spacial score (nSPS) is 11.2. The highest BCUT2D eigenvalue weighted by Gasteiger charge is 2.31. The van der Waals surface area contributed by atoms with E-state index in [1.807, 2.05) is 31.2 Å². The van der Waals surface area contributed by atoms with E-state index >= 15 is 0 Å². The molecule has 4 heteroatoms. The molecule has 0 saturated heterocycles. The van der Waals surface area contributed by atoms with Crippen molar-refractivity contribution in [1.82, 2.24) is 0 Å². The Morgan fingerprint density at radius 2 is 2.00 bits per heavy atom. The Bertz CT molecular complexity index is 374. The third-order valence-electron chi connectivity index (χ3n) is 2.43. The van der Waals surface area contributed by atoms with E-state index in [9.17, 15) is 10.1 Å². The number of para-hydroxylation sites is 1. The molecule has 0 aliphatic heterocycles. The lowest BCUT2D eigenvalue weighted by Crippen LogP contribution is -2.37. The second-order valence-electron chi connectivity index (χ2n) is 4.32. The van der Waals surface area contributed by atoms with Gasteiger partial charge in [-0.1, -0.05) is 25.1 Å². The van der Waals surface area contributed by atoms with E-state index in [1.54, 1.807) is 13.8 Å². The van der Waals surface area contributed by atoms with E-state index < -0.39 is 5.54 Å². The van der Waals surface area contributed by atoms with Crippen molar-refractivity contribution in [2.45, 2.75) is 32.7 Å². The molecule has 0 heterocycles. The summed E-state index contributed by atoms with van der Waals surface area (Å²) in [5, 5.41) is 10.7. The average molecular weight is 223 g/mol. The number of rotatable bonds is 5. The van der Waals surface area contributed by atoms with Gasteiger partial charge in [0.15, 0.2) is 6.61 Å². The van der Waals surface area contributed by atoms with E-state index in [4.69, 9.17) is 4.74 Å². The number of aryl methyl sites for hydroxylation is 1. The van der Waals surface area contributed by atoms with Gasteiger partial charge in [0.2, 0.25) is 5.54 Å². The Morgan fingerprint density at radius 1 is 1.38 bits per heavy atom. The molecule has 1 rings (SSSR count). The van der Waals surface area contributed by atoms with Gasteiger partial charge in [-0.3, -0.25) is 10.1 Å². The SMILES string of the molecule is CCc1ccccc1OCC(C)(C)[N+](=O)[O-]. The molecule has 0 amide bonds. The van der Waals surface area contributed by atoms with Crippen LogP contribution in [0, 0.1) is 10.1 Å². The molecule has 0 saturated carbocycles. The summed E-state index contributed by atoms with van der Waals surface area (Å²) in [6, 6.07) is 7.61. The van der Waals surface area contributed by atoms with Crippen LogP contribution in [0.25, 0.3) is 0 Å². The largest absolute Gasteiger partial charge is 0.486 e.